The lowest BCUT2D eigenvalue weighted by molar-refractivity contribution is 0.0695. The fourth-order valence-corrected chi connectivity index (χ4v) is 3.96. The van der Waals surface area contributed by atoms with Crippen molar-refractivity contribution in [2.24, 2.45) is 0 Å². The molecule has 3 aromatic heterocycles. The Balaban J connectivity index is 0.00000205. The van der Waals surface area contributed by atoms with Gasteiger partial charge < -0.3 is 19.6 Å². The summed E-state index contributed by atoms with van der Waals surface area (Å²) in [6.45, 7) is 3.69. The Morgan fingerprint density at radius 2 is 2.07 bits per heavy atom. The van der Waals surface area contributed by atoms with Crippen molar-refractivity contribution in [2.45, 2.75) is 38.4 Å². The molecule has 4 heterocycles. The molecule has 5 rings (SSSR count). The number of nitrogens with zero attached hydrogens (tertiary/aromatic N) is 3. The second-order valence-corrected chi connectivity index (χ2v) is 7.53. The van der Waals surface area contributed by atoms with Crippen molar-refractivity contribution in [1.82, 2.24) is 19.4 Å². The van der Waals surface area contributed by atoms with E-state index < -0.39 is 17.2 Å². The second-order valence-electron chi connectivity index (χ2n) is 7.53. The molecule has 0 unspecified atom stereocenters. The lowest BCUT2D eigenvalue weighted by Crippen LogP contribution is -2.30. The molecule has 2 N–H and O–H groups in total. The minimum absolute atomic E-state index is 0. The van der Waals surface area contributed by atoms with E-state index in [9.17, 15) is 19.1 Å². The van der Waals surface area contributed by atoms with Gasteiger partial charge in [-0.2, -0.15) is 13.5 Å². The molecule has 0 bridgehead atoms. The molecule has 0 spiro atoms. The highest BCUT2D eigenvalue weighted by molar-refractivity contribution is 7.59. The first-order valence-corrected chi connectivity index (χ1v) is 9.36. The Labute approximate surface area is 172 Å². The second kappa shape index (κ2) is 7.00. The predicted molar refractivity (Wildman–Crippen MR) is 111 cm³/mol. The number of halogens is 1. The van der Waals surface area contributed by atoms with Gasteiger partial charge >= 0.3 is 5.97 Å². The molecule has 2 aliphatic rings. The zero-order valence-corrected chi connectivity index (χ0v) is 16.8. The zero-order chi connectivity index (χ0) is 19.6. The lowest BCUT2D eigenvalue weighted by atomic mass is 10.1. The molecular formula is C20H21FN4O3S. The Kier molecular flexibility index (Phi) is 4.74. The van der Waals surface area contributed by atoms with Gasteiger partial charge in [0.15, 0.2) is 0 Å². The first kappa shape index (κ1) is 19.7. The summed E-state index contributed by atoms with van der Waals surface area (Å²) in [5.41, 5.74) is 1.17. The quantitative estimate of drug-likeness (QED) is 0.685. The van der Waals surface area contributed by atoms with Gasteiger partial charge in [0.25, 0.3) is 0 Å². The molecule has 7 nitrogen and oxygen atoms in total. The van der Waals surface area contributed by atoms with E-state index in [1.807, 2.05) is 12.3 Å². The largest absolute Gasteiger partial charge is 0.477 e. The van der Waals surface area contributed by atoms with Crippen molar-refractivity contribution in [1.29, 1.82) is 0 Å². The molecule has 1 aliphatic heterocycles. The molecule has 9 heteroatoms. The van der Waals surface area contributed by atoms with Crippen molar-refractivity contribution in [3.05, 3.63) is 51.8 Å². The first-order valence-electron chi connectivity index (χ1n) is 9.36. The van der Waals surface area contributed by atoms with Crippen LogP contribution in [0.15, 0.2) is 29.3 Å². The van der Waals surface area contributed by atoms with Gasteiger partial charge in [0.1, 0.15) is 22.7 Å². The summed E-state index contributed by atoms with van der Waals surface area (Å²) in [7, 11) is 0. The number of carboxylic acid groups (broad SMARTS) is 1. The monoisotopic (exact) mass is 416 g/mol. The van der Waals surface area contributed by atoms with E-state index in [2.05, 4.69) is 21.8 Å². The number of rotatable bonds is 3. The van der Waals surface area contributed by atoms with Crippen LogP contribution >= 0.6 is 13.5 Å². The van der Waals surface area contributed by atoms with Crippen molar-refractivity contribution in [3.8, 4) is 11.3 Å². The Morgan fingerprint density at radius 3 is 2.72 bits per heavy atom. The third-order valence-electron chi connectivity index (χ3n) is 5.58. The summed E-state index contributed by atoms with van der Waals surface area (Å²) in [6, 6.07) is 3.30. The molecule has 0 saturated heterocycles. The molecule has 152 valence electrons. The molecule has 1 fully saturated rings. The molecule has 0 amide bonds. The number of carboxylic acids is 1. The van der Waals surface area contributed by atoms with Crippen LogP contribution in [0.4, 0.5) is 4.39 Å². The van der Waals surface area contributed by atoms with E-state index in [0.29, 0.717) is 11.2 Å². The number of aromatic carboxylic acids is 1. The van der Waals surface area contributed by atoms with E-state index in [0.717, 1.165) is 37.7 Å². The van der Waals surface area contributed by atoms with Gasteiger partial charge in [-0.3, -0.25) is 4.79 Å². The number of hydrogen-bond donors (Lipinski definition) is 2. The van der Waals surface area contributed by atoms with Crippen LogP contribution in [0.25, 0.3) is 22.3 Å². The van der Waals surface area contributed by atoms with Crippen LogP contribution in [0.2, 0.25) is 0 Å². The third-order valence-corrected chi connectivity index (χ3v) is 5.58. The van der Waals surface area contributed by atoms with Gasteiger partial charge in [0.05, 0.1) is 5.39 Å². The highest BCUT2D eigenvalue weighted by Crippen LogP contribution is 2.37. The lowest BCUT2D eigenvalue weighted by Gasteiger charge is -2.22. The van der Waals surface area contributed by atoms with Gasteiger partial charge in [-0.05, 0) is 31.9 Å². The first-order chi connectivity index (χ1) is 13.4. The van der Waals surface area contributed by atoms with E-state index in [-0.39, 0.29) is 42.2 Å². The molecular weight excluding hydrogens is 395 g/mol. The Bertz CT molecular complexity index is 1200. The number of aromatic nitrogens is 3. The molecule has 3 aromatic rings. The van der Waals surface area contributed by atoms with Crippen LogP contribution in [0, 0.1) is 5.82 Å². The number of hydrogen-bond acceptors (Lipinski definition) is 4. The van der Waals surface area contributed by atoms with Crippen LogP contribution in [0.3, 0.4) is 0 Å². The Morgan fingerprint density at radius 1 is 1.31 bits per heavy atom. The maximum absolute atomic E-state index is 14.9. The number of fused-ring (bicyclic) bond motifs is 2. The van der Waals surface area contributed by atoms with E-state index in [1.54, 1.807) is 4.57 Å². The normalized spacial score (nSPS) is 18.3. The van der Waals surface area contributed by atoms with E-state index in [4.69, 9.17) is 0 Å². The fourth-order valence-electron chi connectivity index (χ4n) is 3.96. The standard InChI is InChI=1S/C20H19FN4O3.H2S/c1-10-16-6-11(8-24(16)5-4-22-10)17-15(21)7-13-18(26)14(20(27)28)9-25(12-2-3-12)19(13)23-17;/h6-10,12,22H,2-5H2,1H3,(H,27,28);1H2/t10-;/m0./s1. The van der Waals surface area contributed by atoms with E-state index >= 15 is 0 Å². The number of carbonyl (C=O) groups is 1. The maximum Gasteiger partial charge on any atom is 0.341 e. The molecule has 0 radical (unpaired) electrons. The third kappa shape index (κ3) is 3.14. The predicted octanol–water partition coefficient (Wildman–Crippen LogP) is 2.81. The molecule has 0 aromatic carbocycles. The van der Waals surface area contributed by atoms with Crippen molar-refractivity contribution in [2.75, 3.05) is 6.54 Å². The van der Waals surface area contributed by atoms with Crippen molar-refractivity contribution >= 4 is 30.5 Å². The minimum atomic E-state index is -1.31. The average molecular weight is 416 g/mol. The highest BCUT2D eigenvalue weighted by Gasteiger charge is 2.28. The van der Waals surface area contributed by atoms with Gasteiger partial charge in [-0.15, -0.1) is 0 Å². The van der Waals surface area contributed by atoms with Gasteiger partial charge in [0, 0.05) is 48.8 Å². The van der Waals surface area contributed by atoms with Crippen LogP contribution in [-0.4, -0.2) is 31.7 Å². The summed E-state index contributed by atoms with van der Waals surface area (Å²) >= 11 is 0. The van der Waals surface area contributed by atoms with E-state index in [1.165, 1.54) is 6.20 Å². The van der Waals surface area contributed by atoms with Crippen molar-refractivity contribution in [3.63, 3.8) is 0 Å². The minimum Gasteiger partial charge on any atom is -0.477 e. The Hall–Kier alpha value is -2.65. The zero-order valence-electron chi connectivity index (χ0n) is 15.8. The fraction of sp³-hybridized carbons (Fsp3) is 0.350. The summed E-state index contributed by atoms with van der Waals surface area (Å²) in [4.78, 5) is 28.5. The maximum atomic E-state index is 14.9. The van der Waals surface area contributed by atoms with Crippen LogP contribution in [-0.2, 0) is 6.54 Å². The SMILES string of the molecule is C[C@@H]1NCCn2cc(-c3nc4c(cc3F)c(=O)c(C(=O)O)cn4C3CC3)cc21.S. The van der Waals surface area contributed by atoms with Crippen molar-refractivity contribution < 1.29 is 14.3 Å². The average Bonchev–Trinajstić information content (AvgIpc) is 3.40. The summed E-state index contributed by atoms with van der Waals surface area (Å²) < 4.78 is 18.7. The summed E-state index contributed by atoms with van der Waals surface area (Å²) in [5, 5.41) is 12.7. The van der Waals surface area contributed by atoms with Gasteiger partial charge in [-0.25, -0.2) is 14.2 Å². The van der Waals surface area contributed by atoms with Crippen LogP contribution in [0.5, 0.6) is 0 Å². The smallest absolute Gasteiger partial charge is 0.341 e. The van der Waals surface area contributed by atoms with Gasteiger partial charge in [0.2, 0.25) is 5.43 Å². The van der Waals surface area contributed by atoms with Crippen LogP contribution < -0.4 is 10.7 Å². The molecule has 1 atom stereocenters. The molecule has 1 aliphatic carbocycles. The van der Waals surface area contributed by atoms with Crippen LogP contribution in [0.1, 0.15) is 47.9 Å². The number of nitrogens with one attached hydrogen (secondary N) is 1. The highest BCUT2D eigenvalue weighted by atomic mass is 32.1. The summed E-state index contributed by atoms with van der Waals surface area (Å²) in [6.07, 6.45) is 5.00. The summed E-state index contributed by atoms with van der Waals surface area (Å²) in [5.74, 6) is -1.94. The topological polar surface area (TPSA) is 89.2 Å². The molecule has 1 saturated carbocycles. The number of pyridine rings is 2. The van der Waals surface area contributed by atoms with Gasteiger partial charge in [-0.1, -0.05) is 0 Å². The molecule has 29 heavy (non-hydrogen) atoms.